The van der Waals surface area contributed by atoms with E-state index in [0.29, 0.717) is 49.9 Å². The molecule has 2 aromatic rings. The van der Waals surface area contributed by atoms with Crippen molar-refractivity contribution in [2.75, 3.05) is 46.4 Å². The number of rotatable bonds is 6. The van der Waals surface area contributed by atoms with Crippen molar-refractivity contribution in [1.82, 2.24) is 30.1 Å². The van der Waals surface area contributed by atoms with Crippen LogP contribution >= 0.6 is 0 Å². The fourth-order valence-electron chi connectivity index (χ4n) is 3.45. The second-order valence-corrected chi connectivity index (χ2v) is 7.01. The summed E-state index contributed by atoms with van der Waals surface area (Å²) in [6, 6.07) is 7.46. The van der Waals surface area contributed by atoms with Crippen LogP contribution in [0, 0.1) is 6.92 Å². The van der Waals surface area contributed by atoms with Gasteiger partial charge in [-0.2, -0.15) is 0 Å². The Morgan fingerprint density at radius 1 is 1.21 bits per heavy atom. The van der Waals surface area contributed by atoms with E-state index in [4.69, 9.17) is 4.74 Å². The Morgan fingerprint density at radius 2 is 2.03 bits per heavy atom. The molecule has 0 atom stereocenters. The number of ether oxygens (including phenoxy) is 1. The molecule has 9 heteroatoms. The summed E-state index contributed by atoms with van der Waals surface area (Å²) in [7, 11) is 1.61. The molecule has 1 aromatic heterocycles. The third kappa shape index (κ3) is 4.92. The number of carbonyl (C=O) groups excluding carboxylic acids is 2. The van der Waals surface area contributed by atoms with Crippen LogP contribution in [0.1, 0.15) is 29.5 Å². The van der Waals surface area contributed by atoms with Crippen molar-refractivity contribution in [2.24, 2.45) is 0 Å². The molecule has 1 saturated heterocycles. The zero-order valence-corrected chi connectivity index (χ0v) is 17.2. The first-order valence-electron chi connectivity index (χ1n) is 9.88. The van der Waals surface area contributed by atoms with Gasteiger partial charge in [-0.05, 0) is 32.4 Å². The highest BCUT2D eigenvalue weighted by Gasteiger charge is 2.25. The van der Waals surface area contributed by atoms with E-state index in [0.717, 1.165) is 18.7 Å². The van der Waals surface area contributed by atoms with Gasteiger partial charge in [0.25, 0.3) is 5.91 Å². The minimum Gasteiger partial charge on any atom is -0.497 e. The number of benzene rings is 1. The fourth-order valence-corrected chi connectivity index (χ4v) is 3.45. The molecule has 1 fully saturated rings. The average Bonchev–Trinajstić information content (AvgIpc) is 2.95. The molecule has 0 aliphatic carbocycles. The van der Waals surface area contributed by atoms with Crippen LogP contribution in [0.25, 0.3) is 5.69 Å². The molecule has 1 N–H and O–H groups in total. The Hall–Kier alpha value is -2.94. The minimum absolute atomic E-state index is 0.0179. The van der Waals surface area contributed by atoms with Crippen LogP contribution in [0.15, 0.2) is 24.3 Å². The first-order valence-corrected chi connectivity index (χ1v) is 9.88. The zero-order chi connectivity index (χ0) is 20.8. The molecule has 0 radical (unpaired) electrons. The van der Waals surface area contributed by atoms with E-state index in [1.165, 1.54) is 0 Å². The van der Waals surface area contributed by atoms with Gasteiger partial charge in [0.2, 0.25) is 5.91 Å². The van der Waals surface area contributed by atoms with Crippen LogP contribution in [0.4, 0.5) is 0 Å². The van der Waals surface area contributed by atoms with E-state index in [1.807, 2.05) is 38.1 Å². The molecular weight excluding hydrogens is 372 g/mol. The number of amides is 2. The monoisotopic (exact) mass is 400 g/mol. The average molecular weight is 400 g/mol. The molecular formula is C20H28N6O3. The van der Waals surface area contributed by atoms with Gasteiger partial charge in [-0.1, -0.05) is 11.3 Å². The van der Waals surface area contributed by atoms with Gasteiger partial charge in [-0.25, -0.2) is 4.68 Å². The summed E-state index contributed by atoms with van der Waals surface area (Å²) in [5.74, 6) is 0.603. The highest BCUT2D eigenvalue weighted by molar-refractivity contribution is 5.93. The molecule has 0 unspecified atom stereocenters. The van der Waals surface area contributed by atoms with Crippen LogP contribution in [-0.2, 0) is 4.79 Å². The highest BCUT2D eigenvalue weighted by Crippen LogP contribution is 2.19. The second-order valence-electron chi connectivity index (χ2n) is 7.01. The molecule has 29 heavy (non-hydrogen) atoms. The first-order chi connectivity index (χ1) is 14.0. The van der Waals surface area contributed by atoms with Gasteiger partial charge >= 0.3 is 0 Å². The molecule has 3 rings (SSSR count). The lowest BCUT2D eigenvalue weighted by Crippen LogP contribution is -2.40. The van der Waals surface area contributed by atoms with Crippen molar-refractivity contribution < 1.29 is 14.3 Å². The van der Waals surface area contributed by atoms with E-state index < -0.39 is 0 Å². The van der Waals surface area contributed by atoms with Crippen LogP contribution in [0.3, 0.4) is 0 Å². The molecule has 2 amide bonds. The number of hydrogen-bond acceptors (Lipinski definition) is 6. The molecule has 0 spiro atoms. The number of nitrogens with one attached hydrogen (secondary N) is 1. The van der Waals surface area contributed by atoms with E-state index in [9.17, 15) is 9.59 Å². The largest absolute Gasteiger partial charge is 0.497 e. The number of carbonyl (C=O) groups is 2. The lowest BCUT2D eigenvalue weighted by atomic mass is 10.2. The summed E-state index contributed by atoms with van der Waals surface area (Å²) in [5.41, 5.74) is 1.83. The molecule has 1 aliphatic rings. The Morgan fingerprint density at radius 3 is 2.79 bits per heavy atom. The second kappa shape index (κ2) is 9.51. The molecule has 9 nitrogen and oxygen atoms in total. The lowest BCUT2D eigenvalue weighted by molar-refractivity contribution is -0.122. The normalized spacial score (nSPS) is 15.1. The number of aromatic nitrogens is 3. The van der Waals surface area contributed by atoms with Gasteiger partial charge in [0.15, 0.2) is 5.69 Å². The van der Waals surface area contributed by atoms with Crippen LogP contribution < -0.4 is 10.1 Å². The Bertz CT molecular complexity index is 866. The summed E-state index contributed by atoms with van der Waals surface area (Å²) in [5, 5.41) is 11.1. The van der Waals surface area contributed by atoms with E-state index >= 15 is 0 Å². The Balaban J connectivity index is 1.69. The SMILES string of the molecule is CCNC(=O)CN1CCCN(C(=O)c2nnn(-c3cccc(OC)c3)c2C)CC1. The van der Waals surface area contributed by atoms with Gasteiger partial charge in [-0.3, -0.25) is 14.5 Å². The molecule has 0 saturated carbocycles. The summed E-state index contributed by atoms with van der Waals surface area (Å²) < 4.78 is 6.91. The van der Waals surface area contributed by atoms with Crippen LogP contribution in [-0.4, -0.2) is 83.0 Å². The summed E-state index contributed by atoms with van der Waals surface area (Å²) in [4.78, 5) is 28.8. The van der Waals surface area contributed by atoms with Gasteiger partial charge in [0, 0.05) is 38.8 Å². The van der Waals surface area contributed by atoms with Gasteiger partial charge < -0.3 is 15.0 Å². The number of likely N-dealkylation sites (N-methyl/N-ethyl adjacent to an activating group) is 1. The van der Waals surface area contributed by atoms with E-state index in [2.05, 4.69) is 20.5 Å². The van der Waals surface area contributed by atoms with Gasteiger partial charge in [0.05, 0.1) is 25.0 Å². The van der Waals surface area contributed by atoms with Gasteiger partial charge in [-0.15, -0.1) is 5.10 Å². The Labute approximate surface area is 170 Å². The maximum absolute atomic E-state index is 13.1. The number of hydrogen-bond donors (Lipinski definition) is 1. The predicted molar refractivity (Wildman–Crippen MR) is 108 cm³/mol. The summed E-state index contributed by atoms with van der Waals surface area (Å²) >= 11 is 0. The third-order valence-corrected chi connectivity index (χ3v) is 5.01. The standard InChI is InChI=1S/C20H28N6O3/c1-4-21-18(27)14-24-9-6-10-25(12-11-24)20(28)19-15(2)26(23-22-19)16-7-5-8-17(13-16)29-3/h5,7-8,13H,4,6,9-12,14H2,1-3H3,(H,21,27). The van der Waals surface area contributed by atoms with Crippen molar-refractivity contribution >= 4 is 11.8 Å². The molecule has 0 bridgehead atoms. The van der Waals surface area contributed by atoms with Crippen molar-refractivity contribution in [3.8, 4) is 11.4 Å². The predicted octanol–water partition coefficient (Wildman–Crippen LogP) is 0.868. The maximum atomic E-state index is 13.1. The zero-order valence-electron chi connectivity index (χ0n) is 17.2. The molecule has 2 heterocycles. The summed E-state index contributed by atoms with van der Waals surface area (Å²) in [6.45, 7) is 7.37. The van der Waals surface area contributed by atoms with Crippen molar-refractivity contribution in [1.29, 1.82) is 0 Å². The third-order valence-electron chi connectivity index (χ3n) is 5.01. The van der Waals surface area contributed by atoms with Crippen LogP contribution in [0.2, 0.25) is 0 Å². The van der Waals surface area contributed by atoms with Crippen LogP contribution in [0.5, 0.6) is 5.75 Å². The topological polar surface area (TPSA) is 92.6 Å². The number of nitrogens with zero attached hydrogens (tertiary/aromatic N) is 5. The minimum atomic E-state index is -0.128. The molecule has 1 aliphatic heterocycles. The lowest BCUT2D eigenvalue weighted by Gasteiger charge is -2.21. The summed E-state index contributed by atoms with van der Waals surface area (Å²) in [6.07, 6.45) is 0.814. The first kappa shape index (κ1) is 20.8. The smallest absolute Gasteiger partial charge is 0.276 e. The quantitative estimate of drug-likeness (QED) is 0.774. The van der Waals surface area contributed by atoms with Gasteiger partial charge in [0.1, 0.15) is 5.75 Å². The van der Waals surface area contributed by atoms with E-state index in [1.54, 1.807) is 16.7 Å². The highest BCUT2D eigenvalue weighted by atomic mass is 16.5. The Kier molecular flexibility index (Phi) is 6.82. The molecule has 1 aromatic carbocycles. The van der Waals surface area contributed by atoms with Crippen molar-refractivity contribution in [2.45, 2.75) is 20.3 Å². The molecule has 156 valence electrons. The van der Waals surface area contributed by atoms with Crippen molar-refractivity contribution in [3.63, 3.8) is 0 Å². The van der Waals surface area contributed by atoms with Crippen molar-refractivity contribution in [3.05, 3.63) is 35.7 Å². The number of methoxy groups -OCH3 is 1. The van der Waals surface area contributed by atoms with E-state index in [-0.39, 0.29) is 11.8 Å². The fraction of sp³-hybridized carbons (Fsp3) is 0.500. The maximum Gasteiger partial charge on any atom is 0.276 e.